The number of nitrogens with one attached hydrogen (secondary N) is 1. The van der Waals surface area contributed by atoms with Crippen molar-refractivity contribution in [3.05, 3.63) is 142 Å². The summed E-state index contributed by atoms with van der Waals surface area (Å²) in [7, 11) is -3.48. The number of carbonyl (C=O) groups excluding carboxylic acids is 1. The Hall–Kier alpha value is -4.08. The first-order valence-electron chi connectivity index (χ1n) is 15.8. The topological polar surface area (TPSA) is 98.4 Å². The van der Waals surface area contributed by atoms with Gasteiger partial charge in [-0.05, 0) is 71.8 Å². The summed E-state index contributed by atoms with van der Waals surface area (Å²) in [6.45, 7) is 0. The molecule has 2 fully saturated rings. The summed E-state index contributed by atoms with van der Waals surface area (Å²) in [5.41, 5.74) is 6.11. The smallest absolute Gasteiger partial charge is 0.176 e. The number of hydrogen-bond acceptors (Lipinski definition) is 6. The van der Waals surface area contributed by atoms with Gasteiger partial charge in [0.1, 0.15) is 12.2 Å². The van der Waals surface area contributed by atoms with E-state index in [2.05, 4.69) is 34.2 Å². The highest BCUT2D eigenvalue weighted by Crippen LogP contribution is 2.55. The number of rotatable bonds is 9. The minimum Gasteiger partial charge on any atom is -0.357 e. The number of nitrogens with zero attached hydrogens (tertiary/aromatic N) is 1. The Balaban J connectivity index is 1.19. The molecule has 9 heteroatoms. The maximum Gasteiger partial charge on any atom is 0.176 e. The number of aldehydes is 1. The van der Waals surface area contributed by atoms with Crippen molar-refractivity contribution >= 4 is 27.7 Å². The van der Waals surface area contributed by atoms with Crippen LogP contribution in [0.5, 0.6) is 0 Å². The first kappa shape index (κ1) is 31.5. The molecule has 1 aliphatic carbocycles. The van der Waals surface area contributed by atoms with Gasteiger partial charge < -0.3 is 14.5 Å². The number of hydrogen-bond donors (Lipinski definition) is 1. The third-order valence-electron chi connectivity index (χ3n) is 9.36. The first-order valence-corrected chi connectivity index (χ1v) is 18.0. The van der Waals surface area contributed by atoms with E-state index in [1.54, 1.807) is 24.4 Å². The van der Waals surface area contributed by atoms with Crippen LogP contribution >= 0.6 is 11.6 Å². The van der Waals surface area contributed by atoms with Crippen molar-refractivity contribution in [3.63, 3.8) is 0 Å². The summed E-state index contributed by atoms with van der Waals surface area (Å²) in [6, 6.07) is 33.3. The molecule has 240 valence electrons. The Labute approximate surface area is 279 Å². The second-order valence-electron chi connectivity index (χ2n) is 12.6. The molecule has 1 spiro atoms. The Bertz CT molecular complexity index is 1930. The monoisotopic (exact) mass is 666 g/mol. The van der Waals surface area contributed by atoms with E-state index in [1.807, 2.05) is 60.7 Å². The van der Waals surface area contributed by atoms with Crippen molar-refractivity contribution in [2.45, 2.75) is 54.5 Å². The van der Waals surface area contributed by atoms with Crippen molar-refractivity contribution in [3.8, 4) is 11.4 Å². The maximum absolute atomic E-state index is 12.3. The summed E-state index contributed by atoms with van der Waals surface area (Å²) in [4.78, 5) is 19.3. The second kappa shape index (κ2) is 12.8. The second-order valence-corrected chi connectivity index (χ2v) is 15.0. The van der Waals surface area contributed by atoms with Crippen LogP contribution in [0.3, 0.4) is 0 Å². The Morgan fingerprint density at radius 1 is 0.936 bits per heavy atom. The average Bonchev–Trinajstić information content (AvgIpc) is 3.83. The highest BCUT2D eigenvalue weighted by molar-refractivity contribution is 7.90. The number of aromatic amines is 1. The first-order chi connectivity index (χ1) is 22.7. The largest absolute Gasteiger partial charge is 0.357 e. The summed E-state index contributed by atoms with van der Waals surface area (Å²) in [5.74, 6) is -0.560. The van der Waals surface area contributed by atoms with Gasteiger partial charge >= 0.3 is 0 Å². The molecule has 0 radical (unpaired) electrons. The van der Waals surface area contributed by atoms with Gasteiger partial charge in [-0.15, -0.1) is 0 Å². The van der Waals surface area contributed by atoms with E-state index in [0.29, 0.717) is 5.56 Å². The zero-order chi connectivity index (χ0) is 32.6. The molecule has 7 rings (SSSR count). The standard InChI is InChI=1S/C38H35ClN2O5S/c1-47(43,44)35-17-13-29(21-31(35)39)30(32-15-16-34(41-32)33-14-12-26(24-42)23-40-33)20-25-18-19-38(22-25)45-36(27-8-4-2-5-9-27)37(46-38)28-10-6-3-7-11-28/h2-17,21,23-25,30,36-37,41H,18-20,22H2,1H3. The molecule has 2 aromatic heterocycles. The van der Waals surface area contributed by atoms with Crippen molar-refractivity contribution in [2.75, 3.05) is 6.26 Å². The molecule has 3 heterocycles. The van der Waals surface area contributed by atoms with Crippen molar-refractivity contribution < 1.29 is 22.7 Å². The lowest BCUT2D eigenvalue weighted by atomic mass is 9.85. The molecular formula is C38H35ClN2O5S. The van der Waals surface area contributed by atoms with Gasteiger partial charge in [-0.2, -0.15) is 0 Å². The van der Waals surface area contributed by atoms with E-state index >= 15 is 0 Å². The van der Waals surface area contributed by atoms with Crippen molar-refractivity contribution in [1.29, 1.82) is 0 Å². The van der Waals surface area contributed by atoms with Crippen LogP contribution in [0.2, 0.25) is 5.02 Å². The molecule has 1 aliphatic heterocycles. The summed E-state index contributed by atoms with van der Waals surface area (Å²) < 4.78 is 38.5. The molecule has 3 aromatic carbocycles. The Morgan fingerprint density at radius 3 is 2.19 bits per heavy atom. The lowest BCUT2D eigenvalue weighted by molar-refractivity contribution is -0.172. The molecule has 1 N–H and O–H groups in total. The van der Waals surface area contributed by atoms with Crippen LogP contribution in [0.15, 0.2) is 114 Å². The molecule has 1 saturated heterocycles. The minimum absolute atomic E-state index is 0.111. The molecule has 7 nitrogen and oxygen atoms in total. The van der Waals surface area contributed by atoms with Crippen LogP contribution in [0, 0.1) is 5.92 Å². The van der Waals surface area contributed by atoms with Gasteiger partial charge in [0.05, 0.1) is 21.3 Å². The maximum atomic E-state index is 12.3. The number of benzene rings is 3. The predicted molar refractivity (Wildman–Crippen MR) is 181 cm³/mol. The third-order valence-corrected chi connectivity index (χ3v) is 10.9. The van der Waals surface area contributed by atoms with Crippen LogP contribution in [-0.4, -0.2) is 36.7 Å². The number of carbonyl (C=O) groups is 1. The van der Waals surface area contributed by atoms with Crippen molar-refractivity contribution in [1.82, 2.24) is 9.97 Å². The number of ether oxygens (including phenoxy) is 2. The molecule has 0 bridgehead atoms. The van der Waals surface area contributed by atoms with Gasteiger partial charge in [-0.3, -0.25) is 9.78 Å². The van der Waals surface area contributed by atoms with Crippen LogP contribution in [0.1, 0.15) is 76.6 Å². The van der Waals surface area contributed by atoms with E-state index in [4.69, 9.17) is 21.1 Å². The normalized spacial score (nSPS) is 23.2. The molecule has 5 aromatic rings. The quantitative estimate of drug-likeness (QED) is 0.158. The molecular weight excluding hydrogens is 632 g/mol. The van der Waals surface area contributed by atoms with E-state index in [9.17, 15) is 13.2 Å². The van der Waals surface area contributed by atoms with Crippen molar-refractivity contribution in [2.24, 2.45) is 5.92 Å². The fourth-order valence-corrected chi connectivity index (χ4v) is 8.42. The van der Waals surface area contributed by atoms with Gasteiger partial charge in [-0.1, -0.05) is 78.3 Å². The predicted octanol–water partition coefficient (Wildman–Crippen LogP) is 8.49. The van der Waals surface area contributed by atoms with Crippen LogP contribution < -0.4 is 0 Å². The third kappa shape index (κ3) is 6.56. The molecule has 0 amide bonds. The Kier molecular flexibility index (Phi) is 8.61. The number of sulfone groups is 1. The zero-order valence-corrected chi connectivity index (χ0v) is 27.5. The molecule has 1 saturated carbocycles. The number of halogens is 1. The minimum atomic E-state index is -3.48. The van der Waals surface area contributed by atoms with E-state index < -0.39 is 15.6 Å². The van der Waals surface area contributed by atoms with E-state index in [-0.39, 0.29) is 34.0 Å². The lowest BCUT2D eigenvalue weighted by Gasteiger charge is -2.25. The van der Waals surface area contributed by atoms with Crippen LogP contribution in [0.25, 0.3) is 11.4 Å². The van der Waals surface area contributed by atoms with E-state index in [0.717, 1.165) is 72.0 Å². The van der Waals surface area contributed by atoms with Gasteiger partial charge in [0.15, 0.2) is 21.9 Å². The average molecular weight is 667 g/mol. The molecule has 47 heavy (non-hydrogen) atoms. The number of pyridine rings is 1. The SMILES string of the molecule is CS(=O)(=O)c1ccc(C(CC2CCC3(C2)OC(c2ccccc2)C(c2ccccc2)O3)c2ccc(-c3ccc(C=O)cn3)[nH]2)cc1Cl. The molecule has 2 aliphatic rings. The highest BCUT2D eigenvalue weighted by Gasteiger charge is 2.52. The zero-order valence-electron chi connectivity index (χ0n) is 25.9. The summed E-state index contributed by atoms with van der Waals surface area (Å²) in [6.07, 6.45) is 6.22. The van der Waals surface area contributed by atoms with Gasteiger partial charge in [0.25, 0.3) is 0 Å². The number of aromatic nitrogens is 2. The Morgan fingerprint density at radius 2 is 1.62 bits per heavy atom. The van der Waals surface area contributed by atoms with Crippen LogP contribution in [0.4, 0.5) is 0 Å². The van der Waals surface area contributed by atoms with Gasteiger partial charge in [0, 0.05) is 42.5 Å². The number of H-pyrrole nitrogens is 1. The summed E-state index contributed by atoms with van der Waals surface area (Å²) >= 11 is 6.57. The lowest BCUT2D eigenvalue weighted by Crippen LogP contribution is -2.26. The molecule has 4 unspecified atom stereocenters. The summed E-state index contributed by atoms with van der Waals surface area (Å²) in [5, 5.41) is 0.203. The molecule has 4 atom stereocenters. The van der Waals surface area contributed by atoms with Gasteiger partial charge in [-0.25, -0.2) is 8.42 Å². The van der Waals surface area contributed by atoms with E-state index in [1.165, 1.54) is 0 Å². The fourth-order valence-electron chi connectivity index (χ4n) is 7.08. The van der Waals surface area contributed by atoms with Gasteiger partial charge in [0.2, 0.25) is 0 Å². The van der Waals surface area contributed by atoms with Crippen LogP contribution in [-0.2, 0) is 19.3 Å². The highest BCUT2D eigenvalue weighted by atomic mass is 35.5. The fraction of sp³-hybridized carbons (Fsp3) is 0.263.